The lowest BCUT2D eigenvalue weighted by Gasteiger charge is -2.37. The molecule has 0 bridgehead atoms. The molecule has 26 heavy (non-hydrogen) atoms. The summed E-state index contributed by atoms with van der Waals surface area (Å²) in [6.45, 7) is 6.72. The lowest BCUT2D eigenvalue weighted by Crippen LogP contribution is -2.52. The van der Waals surface area contributed by atoms with Crippen LogP contribution in [0.2, 0.25) is 0 Å². The third kappa shape index (κ3) is 3.91. The smallest absolute Gasteiger partial charge is 0.251 e. The molecule has 3 N–H and O–H groups in total. The summed E-state index contributed by atoms with van der Waals surface area (Å²) in [7, 11) is 0. The number of hydrogen-bond acceptors (Lipinski definition) is 5. The first kappa shape index (κ1) is 18.8. The zero-order chi connectivity index (χ0) is 18.8. The second-order valence-corrected chi connectivity index (χ2v) is 8.35. The van der Waals surface area contributed by atoms with Crippen molar-refractivity contribution in [2.45, 2.75) is 33.1 Å². The molecule has 0 aromatic carbocycles. The maximum atomic E-state index is 12.4. The summed E-state index contributed by atoms with van der Waals surface area (Å²) in [5.41, 5.74) is 6.66. The van der Waals surface area contributed by atoms with Crippen LogP contribution >= 0.6 is 11.3 Å². The maximum absolute atomic E-state index is 12.4. The Hall–Kier alpha value is -1.93. The van der Waals surface area contributed by atoms with Crippen LogP contribution < -0.4 is 11.1 Å². The lowest BCUT2D eigenvalue weighted by atomic mass is 9.84. The first-order chi connectivity index (χ1) is 12.4. The standard InChI is InChI=1S/C18H26N4O3S/c1-11-12(2)26-17(15(11)16(19)24)20-14(23)10-21-6-8-22(9-7-21)18(25)13-4-3-5-13/h13H,3-10H2,1-2H3,(H2,19,24)(H,20,23). The fraction of sp³-hybridized carbons (Fsp3) is 0.611. The minimum Gasteiger partial charge on any atom is -0.365 e. The second kappa shape index (κ2) is 7.75. The second-order valence-electron chi connectivity index (χ2n) is 7.13. The Morgan fingerprint density at radius 3 is 2.35 bits per heavy atom. The molecule has 1 aliphatic carbocycles. The Bertz CT molecular complexity index is 718. The molecule has 1 aromatic heterocycles. The van der Waals surface area contributed by atoms with Gasteiger partial charge < -0.3 is 16.0 Å². The molecule has 1 saturated carbocycles. The fourth-order valence-corrected chi connectivity index (χ4v) is 4.50. The van der Waals surface area contributed by atoms with Gasteiger partial charge in [-0.1, -0.05) is 6.42 Å². The Morgan fingerprint density at radius 1 is 1.15 bits per heavy atom. The number of piperazine rings is 1. The highest BCUT2D eigenvalue weighted by Gasteiger charge is 2.31. The summed E-state index contributed by atoms with van der Waals surface area (Å²) < 4.78 is 0. The van der Waals surface area contributed by atoms with Crippen molar-refractivity contribution in [2.75, 3.05) is 38.0 Å². The quantitative estimate of drug-likeness (QED) is 0.808. The zero-order valence-electron chi connectivity index (χ0n) is 15.3. The van der Waals surface area contributed by atoms with Gasteiger partial charge in [0.1, 0.15) is 5.00 Å². The largest absolute Gasteiger partial charge is 0.365 e. The van der Waals surface area contributed by atoms with E-state index in [1.807, 2.05) is 23.6 Å². The molecule has 2 fully saturated rings. The van der Waals surface area contributed by atoms with E-state index in [1.165, 1.54) is 11.3 Å². The molecule has 7 nitrogen and oxygen atoms in total. The van der Waals surface area contributed by atoms with Gasteiger partial charge in [-0.15, -0.1) is 11.3 Å². The van der Waals surface area contributed by atoms with Gasteiger partial charge in [-0.2, -0.15) is 0 Å². The first-order valence-corrected chi connectivity index (χ1v) is 9.89. The van der Waals surface area contributed by atoms with Crippen LogP contribution in [-0.4, -0.2) is 60.2 Å². The lowest BCUT2D eigenvalue weighted by molar-refractivity contribution is -0.140. The maximum Gasteiger partial charge on any atom is 0.251 e. The Balaban J connectivity index is 1.51. The van der Waals surface area contributed by atoms with E-state index in [1.54, 1.807) is 0 Å². The number of nitrogens with zero attached hydrogens (tertiary/aromatic N) is 2. The van der Waals surface area contributed by atoms with Crippen LogP contribution in [0.4, 0.5) is 5.00 Å². The van der Waals surface area contributed by atoms with E-state index in [-0.39, 0.29) is 24.3 Å². The number of amides is 3. The number of rotatable bonds is 5. The van der Waals surface area contributed by atoms with Gasteiger partial charge >= 0.3 is 0 Å². The average molecular weight is 378 g/mol. The number of nitrogens with two attached hydrogens (primary N) is 1. The van der Waals surface area contributed by atoms with Crippen LogP contribution in [0.1, 0.15) is 40.1 Å². The normalized spacial score (nSPS) is 18.5. The molecule has 1 aromatic rings. The SMILES string of the molecule is Cc1sc(NC(=O)CN2CCN(C(=O)C3CCC3)CC2)c(C(N)=O)c1C. The number of nitrogens with one attached hydrogen (secondary N) is 1. The third-order valence-electron chi connectivity index (χ3n) is 5.39. The van der Waals surface area contributed by atoms with E-state index in [2.05, 4.69) is 5.32 Å². The van der Waals surface area contributed by atoms with E-state index in [0.29, 0.717) is 36.7 Å². The van der Waals surface area contributed by atoms with E-state index in [0.717, 1.165) is 29.7 Å². The van der Waals surface area contributed by atoms with Gasteiger partial charge in [0.05, 0.1) is 12.1 Å². The van der Waals surface area contributed by atoms with Crippen LogP contribution in [0.5, 0.6) is 0 Å². The number of thiophene rings is 1. The van der Waals surface area contributed by atoms with Gasteiger partial charge in [0.2, 0.25) is 11.8 Å². The molecule has 0 unspecified atom stereocenters. The van der Waals surface area contributed by atoms with Gasteiger partial charge in [0, 0.05) is 37.0 Å². The van der Waals surface area contributed by atoms with Crippen LogP contribution in [-0.2, 0) is 9.59 Å². The third-order valence-corrected chi connectivity index (χ3v) is 6.51. The summed E-state index contributed by atoms with van der Waals surface area (Å²) >= 11 is 1.37. The van der Waals surface area contributed by atoms with Crippen molar-refractivity contribution in [3.8, 4) is 0 Å². The van der Waals surface area contributed by atoms with Gasteiger partial charge in [0.15, 0.2) is 0 Å². The predicted octanol–water partition coefficient (Wildman–Crippen LogP) is 1.35. The molecule has 0 spiro atoms. The summed E-state index contributed by atoms with van der Waals surface area (Å²) in [4.78, 5) is 41.2. The van der Waals surface area contributed by atoms with Crippen molar-refractivity contribution in [3.63, 3.8) is 0 Å². The first-order valence-electron chi connectivity index (χ1n) is 9.07. The Kier molecular flexibility index (Phi) is 5.62. The van der Waals surface area contributed by atoms with Gasteiger partial charge in [-0.25, -0.2) is 0 Å². The van der Waals surface area contributed by atoms with Crippen LogP contribution in [0.25, 0.3) is 0 Å². The van der Waals surface area contributed by atoms with Crippen molar-refractivity contribution in [2.24, 2.45) is 11.7 Å². The monoisotopic (exact) mass is 378 g/mol. The molecule has 2 heterocycles. The van der Waals surface area contributed by atoms with Crippen molar-refractivity contribution in [3.05, 3.63) is 16.0 Å². The van der Waals surface area contributed by atoms with Gasteiger partial charge in [-0.3, -0.25) is 19.3 Å². The van der Waals surface area contributed by atoms with Gasteiger partial charge in [0.25, 0.3) is 5.91 Å². The van der Waals surface area contributed by atoms with E-state index in [4.69, 9.17) is 5.73 Å². The molecule has 1 aliphatic heterocycles. The van der Waals surface area contributed by atoms with Crippen LogP contribution in [0.3, 0.4) is 0 Å². The minimum absolute atomic E-state index is 0.160. The average Bonchev–Trinajstić information content (AvgIpc) is 2.80. The van der Waals surface area contributed by atoms with Crippen molar-refractivity contribution in [1.82, 2.24) is 9.80 Å². The molecule has 0 radical (unpaired) electrons. The summed E-state index contributed by atoms with van der Waals surface area (Å²) in [5.74, 6) is -0.184. The van der Waals surface area contributed by atoms with Crippen molar-refractivity contribution < 1.29 is 14.4 Å². The molecule has 142 valence electrons. The molecular formula is C18H26N4O3S. The van der Waals surface area contributed by atoms with Crippen LogP contribution in [0.15, 0.2) is 0 Å². The minimum atomic E-state index is -0.523. The number of hydrogen-bond donors (Lipinski definition) is 2. The van der Waals surface area contributed by atoms with E-state index < -0.39 is 5.91 Å². The highest BCUT2D eigenvalue weighted by molar-refractivity contribution is 7.16. The molecule has 3 amide bonds. The van der Waals surface area contributed by atoms with Crippen molar-refractivity contribution >= 4 is 34.1 Å². The number of carbonyl (C=O) groups excluding carboxylic acids is 3. The molecular weight excluding hydrogens is 352 g/mol. The Labute approximate surface area is 157 Å². The topological polar surface area (TPSA) is 95.7 Å². The summed E-state index contributed by atoms with van der Waals surface area (Å²) in [6.07, 6.45) is 3.19. The van der Waals surface area contributed by atoms with Crippen molar-refractivity contribution in [1.29, 1.82) is 0 Å². The highest BCUT2D eigenvalue weighted by atomic mass is 32.1. The number of anilines is 1. The fourth-order valence-electron chi connectivity index (χ4n) is 3.42. The molecule has 8 heteroatoms. The van der Waals surface area contributed by atoms with E-state index in [9.17, 15) is 14.4 Å². The molecule has 3 rings (SSSR count). The number of aryl methyl sites for hydroxylation is 1. The molecule has 2 aliphatic rings. The Morgan fingerprint density at radius 2 is 1.81 bits per heavy atom. The zero-order valence-corrected chi connectivity index (χ0v) is 16.2. The number of carbonyl (C=O) groups is 3. The predicted molar refractivity (Wildman–Crippen MR) is 101 cm³/mol. The van der Waals surface area contributed by atoms with E-state index >= 15 is 0 Å². The highest BCUT2D eigenvalue weighted by Crippen LogP contribution is 2.32. The summed E-state index contributed by atoms with van der Waals surface area (Å²) in [5, 5.41) is 3.35. The van der Waals surface area contributed by atoms with Crippen LogP contribution in [0, 0.1) is 19.8 Å². The molecule has 0 atom stereocenters. The summed E-state index contributed by atoms with van der Waals surface area (Å²) in [6, 6.07) is 0. The van der Waals surface area contributed by atoms with Gasteiger partial charge in [-0.05, 0) is 32.3 Å². The molecule has 1 saturated heterocycles. The number of primary amides is 1.